The van der Waals surface area contributed by atoms with E-state index in [1.807, 2.05) is 60.7 Å². The fraction of sp³-hybridized carbons (Fsp3) is 0.382. The molecule has 2 aliphatic heterocycles. The van der Waals surface area contributed by atoms with Crippen molar-refractivity contribution in [3.05, 3.63) is 107 Å². The SMILES string of the molecule is C[C@@H]1[C@H](CN2CCCCC2)O[C@H](c2ccc(CNC(=O)c3cnc4ccccc4n3)cc2)O[C@@H]1c1ccc(CO)cc1. The topological polar surface area (TPSA) is 96.8 Å². The second-order valence-electron chi connectivity index (χ2n) is 11.4. The van der Waals surface area contributed by atoms with Crippen LogP contribution < -0.4 is 5.32 Å². The molecule has 6 rings (SSSR count). The minimum Gasteiger partial charge on any atom is -0.392 e. The van der Waals surface area contributed by atoms with Crippen molar-refractivity contribution in [2.45, 2.75) is 57.8 Å². The van der Waals surface area contributed by atoms with Gasteiger partial charge < -0.3 is 24.8 Å². The number of carbonyl (C=O) groups is 1. The van der Waals surface area contributed by atoms with Gasteiger partial charge in [0.15, 0.2) is 6.29 Å². The van der Waals surface area contributed by atoms with E-state index in [1.165, 1.54) is 25.5 Å². The van der Waals surface area contributed by atoms with Crippen molar-refractivity contribution in [3.8, 4) is 0 Å². The zero-order chi connectivity index (χ0) is 28.9. The number of likely N-dealkylation sites (tertiary alicyclic amines) is 1. The minimum absolute atomic E-state index is 0.0198. The molecule has 2 fully saturated rings. The lowest BCUT2D eigenvalue weighted by atomic mass is 9.89. The zero-order valence-electron chi connectivity index (χ0n) is 24.0. The van der Waals surface area contributed by atoms with Gasteiger partial charge in [-0.1, -0.05) is 74.0 Å². The third kappa shape index (κ3) is 6.52. The molecule has 3 aromatic carbocycles. The van der Waals surface area contributed by atoms with Crippen molar-refractivity contribution in [3.63, 3.8) is 0 Å². The lowest BCUT2D eigenvalue weighted by Gasteiger charge is -2.43. The van der Waals surface area contributed by atoms with Gasteiger partial charge in [-0.05, 0) is 54.8 Å². The molecule has 218 valence electrons. The van der Waals surface area contributed by atoms with Crippen molar-refractivity contribution in [1.29, 1.82) is 0 Å². The normalized spacial score (nSPS) is 23.1. The number of amides is 1. The second kappa shape index (κ2) is 13.1. The van der Waals surface area contributed by atoms with Gasteiger partial charge in [0, 0.05) is 24.6 Å². The Morgan fingerprint density at radius 2 is 1.60 bits per heavy atom. The van der Waals surface area contributed by atoms with E-state index < -0.39 is 6.29 Å². The molecule has 4 aromatic rings. The Morgan fingerprint density at radius 1 is 0.905 bits per heavy atom. The summed E-state index contributed by atoms with van der Waals surface area (Å²) in [4.78, 5) is 24.0. The van der Waals surface area contributed by atoms with E-state index in [1.54, 1.807) is 0 Å². The number of para-hydroxylation sites is 2. The molecule has 0 spiro atoms. The van der Waals surface area contributed by atoms with Crippen LogP contribution in [0.1, 0.15) is 71.3 Å². The summed E-state index contributed by atoms with van der Waals surface area (Å²) in [5.41, 5.74) is 5.62. The van der Waals surface area contributed by atoms with Crippen LogP contribution >= 0.6 is 0 Å². The van der Waals surface area contributed by atoms with Gasteiger partial charge in [-0.3, -0.25) is 9.78 Å². The standard InChI is InChI=1S/C34H38N4O4/c1-23-31(21-38-17-5-2-6-18-38)41-34(42-32(23)26-13-11-25(22-39)12-14-26)27-15-9-24(10-16-27)19-36-33(40)30-20-35-28-7-3-4-8-29(28)37-30/h3-4,7-16,20,23,31-32,34,39H,2,5-6,17-19,21-22H2,1H3,(H,36,40)/t23-,31+,32+,34+/m1/s1. The van der Waals surface area contributed by atoms with Gasteiger partial charge in [0.1, 0.15) is 5.69 Å². The molecule has 0 saturated carbocycles. The van der Waals surface area contributed by atoms with Gasteiger partial charge in [-0.2, -0.15) is 0 Å². The molecule has 2 N–H and O–H groups in total. The number of fused-ring (bicyclic) bond motifs is 1. The Hall–Kier alpha value is -3.69. The summed E-state index contributed by atoms with van der Waals surface area (Å²) in [6, 6.07) is 23.6. The van der Waals surface area contributed by atoms with E-state index >= 15 is 0 Å². The zero-order valence-corrected chi connectivity index (χ0v) is 24.0. The van der Waals surface area contributed by atoms with Crippen LogP contribution in [0.5, 0.6) is 0 Å². The van der Waals surface area contributed by atoms with Crippen LogP contribution in [0.2, 0.25) is 0 Å². The Balaban J connectivity index is 1.14. The molecule has 3 heterocycles. The highest BCUT2D eigenvalue weighted by molar-refractivity contribution is 5.93. The van der Waals surface area contributed by atoms with Gasteiger partial charge in [0.25, 0.3) is 5.91 Å². The first kappa shape index (κ1) is 28.4. The number of benzene rings is 3. The van der Waals surface area contributed by atoms with Crippen LogP contribution in [0, 0.1) is 5.92 Å². The van der Waals surface area contributed by atoms with E-state index in [0.717, 1.165) is 47.4 Å². The maximum absolute atomic E-state index is 12.7. The van der Waals surface area contributed by atoms with Crippen molar-refractivity contribution < 1.29 is 19.4 Å². The molecule has 4 atom stereocenters. The molecule has 0 radical (unpaired) electrons. The van der Waals surface area contributed by atoms with E-state index in [2.05, 4.69) is 39.2 Å². The summed E-state index contributed by atoms with van der Waals surface area (Å²) in [6.07, 6.45) is 4.66. The predicted octanol–water partition coefficient (Wildman–Crippen LogP) is 5.33. The molecule has 1 aromatic heterocycles. The number of nitrogens with one attached hydrogen (secondary N) is 1. The van der Waals surface area contributed by atoms with Crippen LogP contribution in [0.15, 0.2) is 79.0 Å². The van der Waals surface area contributed by atoms with E-state index in [9.17, 15) is 9.90 Å². The quantitative estimate of drug-likeness (QED) is 0.298. The number of ether oxygens (including phenoxy) is 2. The number of aliphatic hydroxyl groups excluding tert-OH is 1. The summed E-state index contributed by atoms with van der Waals surface area (Å²) in [5.74, 6) is -0.100. The molecule has 0 unspecified atom stereocenters. The second-order valence-corrected chi connectivity index (χ2v) is 11.4. The molecule has 2 aliphatic rings. The Morgan fingerprint density at radius 3 is 2.33 bits per heavy atom. The Bertz CT molecular complexity index is 1490. The first-order chi connectivity index (χ1) is 20.6. The molecule has 42 heavy (non-hydrogen) atoms. The van der Waals surface area contributed by atoms with E-state index in [-0.39, 0.29) is 30.6 Å². The molecule has 8 nitrogen and oxygen atoms in total. The lowest BCUT2D eigenvalue weighted by Crippen LogP contribution is -2.45. The first-order valence-corrected chi connectivity index (χ1v) is 14.9. The summed E-state index contributed by atoms with van der Waals surface area (Å²) >= 11 is 0. The van der Waals surface area contributed by atoms with Crippen molar-refractivity contribution >= 4 is 16.9 Å². The maximum atomic E-state index is 12.7. The number of carbonyl (C=O) groups excluding carboxylic acids is 1. The number of aromatic nitrogens is 2. The van der Waals surface area contributed by atoms with Gasteiger partial charge >= 0.3 is 0 Å². The van der Waals surface area contributed by atoms with Gasteiger partial charge in [0.05, 0.1) is 36.0 Å². The van der Waals surface area contributed by atoms with E-state index in [4.69, 9.17) is 9.47 Å². The van der Waals surface area contributed by atoms with Crippen LogP contribution in [-0.2, 0) is 22.6 Å². The molecule has 2 saturated heterocycles. The Kier molecular flexibility index (Phi) is 8.86. The minimum atomic E-state index is -0.505. The summed E-state index contributed by atoms with van der Waals surface area (Å²) in [6.45, 7) is 5.70. The molecule has 0 aliphatic carbocycles. The molecular weight excluding hydrogens is 528 g/mol. The fourth-order valence-corrected chi connectivity index (χ4v) is 5.86. The van der Waals surface area contributed by atoms with Crippen LogP contribution in [0.3, 0.4) is 0 Å². The monoisotopic (exact) mass is 566 g/mol. The summed E-state index contributed by atoms with van der Waals surface area (Å²) in [5, 5.41) is 12.5. The van der Waals surface area contributed by atoms with Crippen molar-refractivity contribution in [2.75, 3.05) is 19.6 Å². The molecule has 0 bridgehead atoms. The number of nitrogens with zero attached hydrogens (tertiary/aromatic N) is 3. The molecule has 8 heteroatoms. The predicted molar refractivity (Wildman–Crippen MR) is 160 cm³/mol. The average molecular weight is 567 g/mol. The summed E-state index contributed by atoms with van der Waals surface area (Å²) in [7, 11) is 0. The number of piperidine rings is 1. The van der Waals surface area contributed by atoms with Crippen LogP contribution in [-0.4, -0.2) is 51.6 Å². The molecular formula is C34H38N4O4. The highest BCUT2D eigenvalue weighted by Crippen LogP contribution is 2.42. The highest BCUT2D eigenvalue weighted by atomic mass is 16.7. The maximum Gasteiger partial charge on any atom is 0.271 e. The van der Waals surface area contributed by atoms with Crippen molar-refractivity contribution in [1.82, 2.24) is 20.2 Å². The van der Waals surface area contributed by atoms with E-state index in [0.29, 0.717) is 17.8 Å². The summed E-state index contributed by atoms with van der Waals surface area (Å²) < 4.78 is 13.2. The van der Waals surface area contributed by atoms with Gasteiger partial charge in [0.2, 0.25) is 0 Å². The first-order valence-electron chi connectivity index (χ1n) is 14.9. The number of hydrogen-bond donors (Lipinski definition) is 2. The third-order valence-electron chi connectivity index (χ3n) is 8.40. The Labute approximate surface area is 246 Å². The third-order valence-corrected chi connectivity index (χ3v) is 8.40. The number of hydrogen-bond acceptors (Lipinski definition) is 7. The van der Waals surface area contributed by atoms with Crippen LogP contribution in [0.4, 0.5) is 0 Å². The van der Waals surface area contributed by atoms with Crippen molar-refractivity contribution in [2.24, 2.45) is 5.92 Å². The fourth-order valence-electron chi connectivity index (χ4n) is 5.86. The molecule has 1 amide bonds. The highest BCUT2D eigenvalue weighted by Gasteiger charge is 2.39. The average Bonchev–Trinajstić information content (AvgIpc) is 3.05. The van der Waals surface area contributed by atoms with Gasteiger partial charge in [-0.15, -0.1) is 0 Å². The lowest BCUT2D eigenvalue weighted by molar-refractivity contribution is -0.276. The largest absolute Gasteiger partial charge is 0.392 e. The van der Waals surface area contributed by atoms with Crippen LogP contribution in [0.25, 0.3) is 11.0 Å². The number of aliphatic hydroxyl groups is 1. The smallest absolute Gasteiger partial charge is 0.271 e. The number of rotatable bonds is 8. The van der Waals surface area contributed by atoms with Gasteiger partial charge in [-0.25, -0.2) is 4.98 Å².